The monoisotopic (exact) mass is 463 g/mol. The molecular formula is C23H25N7O2S. The molecule has 4 heterocycles. The zero-order valence-corrected chi connectivity index (χ0v) is 19.0. The van der Waals surface area contributed by atoms with Gasteiger partial charge in [-0.2, -0.15) is 4.98 Å². The van der Waals surface area contributed by atoms with E-state index < -0.39 is 5.91 Å². The lowest BCUT2D eigenvalue weighted by atomic mass is 10.2. The maximum absolute atomic E-state index is 11.4. The van der Waals surface area contributed by atoms with E-state index in [2.05, 4.69) is 26.8 Å². The van der Waals surface area contributed by atoms with E-state index in [9.17, 15) is 4.79 Å². The molecule has 2 fully saturated rings. The Morgan fingerprint density at radius 1 is 1.18 bits per heavy atom. The number of anilines is 2. The molecule has 2 aliphatic heterocycles. The fourth-order valence-electron chi connectivity index (χ4n) is 4.32. The Morgan fingerprint density at radius 2 is 2.00 bits per heavy atom. The van der Waals surface area contributed by atoms with Gasteiger partial charge in [0.1, 0.15) is 12.4 Å². The van der Waals surface area contributed by atoms with Gasteiger partial charge in [0.15, 0.2) is 0 Å². The van der Waals surface area contributed by atoms with Crippen molar-refractivity contribution < 1.29 is 9.53 Å². The van der Waals surface area contributed by atoms with Gasteiger partial charge < -0.3 is 21.1 Å². The number of rotatable bonds is 7. The van der Waals surface area contributed by atoms with Crippen molar-refractivity contribution in [2.24, 2.45) is 5.73 Å². The van der Waals surface area contributed by atoms with Crippen LogP contribution in [0, 0.1) is 0 Å². The molecule has 2 aliphatic rings. The first-order valence-electron chi connectivity index (χ1n) is 10.7. The second-order valence-corrected chi connectivity index (χ2v) is 9.46. The Balaban J connectivity index is 1.40. The van der Waals surface area contributed by atoms with Crippen LogP contribution in [0.15, 0.2) is 58.6 Å². The van der Waals surface area contributed by atoms with Crippen LogP contribution in [0.5, 0.6) is 5.88 Å². The van der Waals surface area contributed by atoms with Crippen LogP contribution >= 0.6 is 11.8 Å². The van der Waals surface area contributed by atoms with Gasteiger partial charge in [-0.25, -0.2) is 9.97 Å². The van der Waals surface area contributed by atoms with Crippen molar-refractivity contribution in [3.8, 4) is 5.88 Å². The standard InChI is InChI=1S/C23H25N7O2S/c1-29-11-17-9-16(29)12-30(17)23-27-10-19(33-18-4-2-15(3-5-18)21(25)31)22(28-23)32-13-14-6-7-26-20(24)8-14/h2-8,10,16-17H,9,11-13H2,1H3,(H2,24,26)(H2,25,31). The molecule has 2 unspecified atom stereocenters. The summed E-state index contributed by atoms with van der Waals surface area (Å²) in [6.07, 6.45) is 4.60. The molecule has 2 saturated heterocycles. The normalized spacial score (nSPS) is 19.7. The number of piperazine rings is 1. The first kappa shape index (κ1) is 21.5. The van der Waals surface area contributed by atoms with Crippen molar-refractivity contribution in [3.63, 3.8) is 0 Å². The fourth-order valence-corrected chi connectivity index (χ4v) is 5.14. The van der Waals surface area contributed by atoms with Crippen LogP contribution in [-0.4, -0.2) is 58.0 Å². The van der Waals surface area contributed by atoms with Gasteiger partial charge in [0.25, 0.3) is 0 Å². The number of pyridine rings is 1. The molecule has 1 amide bonds. The average molecular weight is 464 g/mol. The number of carbonyl (C=O) groups is 1. The van der Waals surface area contributed by atoms with Gasteiger partial charge in [0.2, 0.25) is 17.7 Å². The average Bonchev–Trinajstić information content (AvgIpc) is 3.38. The molecule has 0 radical (unpaired) electrons. The minimum absolute atomic E-state index is 0.312. The molecular weight excluding hydrogens is 438 g/mol. The van der Waals surface area contributed by atoms with Gasteiger partial charge in [-0.05, 0) is 55.4 Å². The van der Waals surface area contributed by atoms with E-state index in [4.69, 9.17) is 21.2 Å². The van der Waals surface area contributed by atoms with Gasteiger partial charge in [-0.3, -0.25) is 9.69 Å². The lowest BCUT2D eigenvalue weighted by Gasteiger charge is -2.32. The third-order valence-corrected chi connectivity index (χ3v) is 7.08. The highest BCUT2D eigenvalue weighted by molar-refractivity contribution is 7.99. The summed E-state index contributed by atoms with van der Waals surface area (Å²) in [4.78, 5) is 31.3. The Kier molecular flexibility index (Phi) is 5.77. The zero-order chi connectivity index (χ0) is 22.9. The highest BCUT2D eigenvalue weighted by atomic mass is 32.2. The predicted molar refractivity (Wildman–Crippen MR) is 126 cm³/mol. The molecule has 0 aliphatic carbocycles. The van der Waals surface area contributed by atoms with Crippen LogP contribution in [0.2, 0.25) is 0 Å². The lowest BCUT2D eigenvalue weighted by molar-refractivity contribution is 0.1000. The summed E-state index contributed by atoms with van der Waals surface area (Å²) in [5.74, 6) is 1.19. The number of nitrogens with zero attached hydrogens (tertiary/aromatic N) is 5. The molecule has 2 bridgehead atoms. The molecule has 3 aromatic rings. The van der Waals surface area contributed by atoms with Crippen molar-refractivity contribution in [1.29, 1.82) is 0 Å². The Labute approximate surface area is 196 Å². The second-order valence-electron chi connectivity index (χ2n) is 8.34. The summed E-state index contributed by atoms with van der Waals surface area (Å²) < 4.78 is 6.15. The second kappa shape index (κ2) is 8.87. The first-order valence-corrected chi connectivity index (χ1v) is 11.5. The minimum atomic E-state index is -0.453. The third kappa shape index (κ3) is 4.57. The molecule has 170 valence electrons. The first-order chi connectivity index (χ1) is 16.0. The largest absolute Gasteiger partial charge is 0.472 e. The molecule has 1 aromatic carbocycles. The van der Waals surface area contributed by atoms with Gasteiger partial charge in [-0.1, -0.05) is 11.8 Å². The van der Waals surface area contributed by atoms with E-state index in [1.165, 1.54) is 11.8 Å². The summed E-state index contributed by atoms with van der Waals surface area (Å²) in [5.41, 5.74) is 12.5. The quantitative estimate of drug-likeness (QED) is 0.542. The Hall–Kier alpha value is -3.37. The molecule has 0 saturated carbocycles. The number of carbonyl (C=O) groups excluding carboxylic acids is 1. The number of benzene rings is 1. The number of hydrogen-bond acceptors (Lipinski definition) is 9. The van der Waals surface area contributed by atoms with Crippen LogP contribution in [0.1, 0.15) is 22.3 Å². The maximum Gasteiger partial charge on any atom is 0.248 e. The Morgan fingerprint density at radius 3 is 2.67 bits per heavy atom. The zero-order valence-electron chi connectivity index (χ0n) is 18.2. The van der Waals surface area contributed by atoms with Crippen molar-refractivity contribution in [2.75, 3.05) is 30.8 Å². The number of hydrogen-bond donors (Lipinski definition) is 2. The van der Waals surface area contributed by atoms with Crippen LogP contribution < -0.4 is 21.1 Å². The maximum atomic E-state index is 11.4. The number of primary amides is 1. The van der Waals surface area contributed by atoms with E-state index in [0.717, 1.165) is 34.9 Å². The van der Waals surface area contributed by atoms with E-state index in [1.54, 1.807) is 30.6 Å². The number of nitrogen functional groups attached to an aromatic ring is 1. The van der Waals surface area contributed by atoms with Crippen LogP contribution in [0.3, 0.4) is 0 Å². The molecule has 10 heteroatoms. The topological polar surface area (TPSA) is 123 Å². The smallest absolute Gasteiger partial charge is 0.248 e. The fraction of sp³-hybridized carbons (Fsp3) is 0.304. The van der Waals surface area contributed by atoms with Crippen molar-refractivity contribution >= 4 is 29.4 Å². The number of likely N-dealkylation sites (tertiary alicyclic amines) is 1. The van der Waals surface area contributed by atoms with Gasteiger partial charge in [-0.15, -0.1) is 0 Å². The van der Waals surface area contributed by atoms with Crippen molar-refractivity contribution in [1.82, 2.24) is 19.9 Å². The van der Waals surface area contributed by atoms with Gasteiger partial charge >= 0.3 is 0 Å². The lowest BCUT2D eigenvalue weighted by Crippen LogP contribution is -2.45. The van der Waals surface area contributed by atoms with Crippen LogP contribution in [-0.2, 0) is 6.61 Å². The summed E-state index contributed by atoms with van der Waals surface area (Å²) in [7, 11) is 2.17. The molecule has 4 N–H and O–H groups in total. The summed E-state index contributed by atoms with van der Waals surface area (Å²) >= 11 is 1.47. The van der Waals surface area contributed by atoms with Crippen molar-refractivity contribution in [3.05, 3.63) is 59.9 Å². The molecule has 0 spiro atoms. The summed E-state index contributed by atoms with van der Waals surface area (Å²) in [6, 6.07) is 11.7. The number of nitrogens with two attached hydrogens (primary N) is 2. The number of ether oxygens (including phenoxy) is 1. The highest BCUT2D eigenvalue weighted by Crippen LogP contribution is 2.37. The molecule has 9 nitrogen and oxygen atoms in total. The number of likely N-dealkylation sites (N-methyl/N-ethyl adjacent to an activating group) is 1. The van der Waals surface area contributed by atoms with E-state index in [-0.39, 0.29) is 0 Å². The van der Waals surface area contributed by atoms with Gasteiger partial charge in [0.05, 0.1) is 11.1 Å². The third-order valence-electron chi connectivity index (χ3n) is 6.07. The van der Waals surface area contributed by atoms with E-state index in [1.807, 2.05) is 18.2 Å². The van der Waals surface area contributed by atoms with E-state index >= 15 is 0 Å². The van der Waals surface area contributed by atoms with Crippen LogP contribution in [0.4, 0.5) is 11.8 Å². The van der Waals surface area contributed by atoms with E-state index in [0.29, 0.717) is 41.9 Å². The highest BCUT2D eigenvalue weighted by Gasteiger charge is 2.42. The molecule has 33 heavy (non-hydrogen) atoms. The molecule has 5 rings (SSSR count). The Bertz CT molecular complexity index is 1170. The SMILES string of the molecule is CN1CC2CC1CN2c1ncc(Sc2ccc(C(N)=O)cc2)c(OCc2ccnc(N)c2)n1. The number of aromatic nitrogens is 3. The van der Waals surface area contributed by atoms with Gasteiger partial charge in [0, 0.05) is 41.8 Å². The number of amides is 1. The summed E-state index contributed by atoms with van der Waals surface area (Å²) in [5, 5.41) is 0. The molecule has 2 aromatic heterocycles. The minimum Gasteiger partial charge on any atom is -0.472 e. The number of fused-ring (bicyclic) bond motifs is 2. The van der Waals surface area contributed by atoms with Crippen molar-refractivity contribution in [2.45, 2.75) is 34.9 Å². The predicted octanol–water partition coefficient (Wildman–Crippen LogP) is 2.18. The summed E-state index contributed by atoms with van der Waals surface area (Å²) in [6.45, 7) is 2.25. The molecule has 2 atom stereocenters. The van der Waals surface area contributed by atoms with Crippen LogP contribution in [0.25, 0.3) is 0 Å².